The summed E-state index contributed by atoms with van der Waals surface area (Å²) < 4.78 is 24.3. The number of benzene rings is 2. The number of thioether (sulfide) groups is 1. The second-order valence-electron chi connectivity index (χ2n) is 7.31. The second kappa shape index (κ2) is 10.0. The second-order valence-corrected chi connectivity index (χ2v) is 8.36. The van der Waals surface area contributed by atoms with Gasteiger partial charge in [0, 0.05) is 36.8 Å². The zero-order valence-electron chi connectivity index (χ0n) is 17.0. The first-order chi connectivity index (χ1) is 15.1. The van der Waals surface area contributed by atoms with Gasteiger partial charge in [-0.25, -0.2) is 4.39 Å². The number of carbonyl (C=O) groups excluding carboxylic acids is 2. The zero-order valence-corrected chi connectivity index (χ0v) is 17.8. The van der Waals surface area contributed by atoms with Gasteiger partial charge in [0.2, 0.25) is 11.8 Å². The number of piperazine rings is 1. The number of nitrogens with one attached hydrogen (secondary N) is 1. The molecule has 1 saturated heterocycles. The average Bonchev–Trinajstić information content (AvgIpc) is 2.78. The standard InChI is InChI=1S/C22H24FN3O4S/c23-16-2-1-3-17(12-16)24-21(27)14-25-6-8-26(9-7-25)22(28)15-31-18-4-5-19-20(13-18)30-11-10-29-19/h1-5,12-13H,6-11,14-15H2,(H,24,27). The molecule has 0 unspecified atom stereocenters. The highest BCUT2D eigenvalue weighted by Gasteiger charge is 2.23. The first kappa shape index (κ1) is 21.5. The van der Waals surface area contributed by atoms with Crippen LogP contribution in [0.1, 0.15) is 0 Å². The highest BCUT2D eigenvalue weighted by Crippen LogP contribution is 2.34. The van der Waals surface area contributed by atoms with Gasteiger partial charge in [-0.05, 0) is 36.4 Å². The maximum atomic E-state index is 13.2. The van der Waals surface area contributed by atoms with Gasteiger partial charge >= 0.3 is 0 Å². The van der Waals surface area contributed by atoms with Crippen molar-refractivity contribution in [3.05, 3.63) is 48.3 Å². The van der Waals surface area contributed by atoms with Crippen LogP contribution in [0.15, 0.2) is 47.4 Å². The molecule has 0 aliphatic carbocycles. The van der Waals surface area contributed by atoms with Crippen molar-refractivity contribution in [2.24, 2.45) is 0 Å². The minimum Gasteiger partial charge on any atom is -0.486 e. The Morgan fingerprint density at radius 2 is 1.77 bits per heavy atom. The van der Waals surface area contributed by atoms with Crippen LogP contribution in [0.25, 0.3) is 0 Å². The van der Waals surface area contributed by atoms with Crippen molar-refractivity contribution in [2.75, 3.05) is 57.0 Å². The molecular formula is C22H24FN3O4S. The van der Waals surface area contributed by atoms with Crippen LogP contribution in [-0.4, -0.2) is 73.3 Å². The van der Waals surface area contributed by atoms with Gasteiger partial charge in [-0.3, -0.25) is 14.5 Å². The van der Waals surface area contributed by atoms with Crippen LogP contribution < -0.4 is 14.8 Å². The van der Waals surface area contributed by atoms with Crippen LogP contribution in [-0.2, 0) is 9.59 Å². The third-order valence-electron chi connectivity index (χ3n) is 5.08. The number of fused-ring (bicyclic) bond motifs is 1. The fourth-order valence-corrected chi connectivity index (χ4v) is 4.30. The van der Waals surface area contributed by atoms with Gasteiger partial charge < -0.3 is 19.7 Å². The zero-order chi connectivity index (χ0) is 21.6. The predicted octanol–water partition coefficient (Wildman–Crippen LogP) is 2.47. The molecule has 2 aliphatic rings. The molecule has 0 spiro atoms. The van der Waals surface area contributed by atoms with Crippen LogP contribution in [0.3, 0.4) is 0 Å². The van der Waals surface area contributed by atoms with Gasteiger partial charge in [0.1, 0.15) is 19.0 Å². The molecule has 0 aromatic heterocycles. The van der Waals surface area contributed by atoms with Gasteiger partial charge in [-0.15, -0.1) is 11.8 Å². The van der Waals surface area contributed by atoms with Crippen molar-refractivity contribution in [2.45, 2.75) is 4.90 Å². The molecule has 1 fully saturated rings. The molecule has 0 radical (unpaired) electrons. The van der Waals surface area contributed by atoms with Crippen LogP contribution >= 0.6 is 11.8 Å². The van der Waals surface area contributed by atoms with Gasteiger partial charge in [0.15, 0.2) is 11.5 Å². The van der Waals surface area contributed by atoms with Crippen molar-refractivity contribution in [3.8, 4) is 11.5 Å². The van der Waals surface area contributed by atoms with E-state index in [9.17, 15) is 14.0 Å². The summed E-state index contributed by atoms with van der Waals surface area (Å²) in [6.07, 6.45) is 0. The molecule has 0 saturated carbocycles. The molecule has 7 nitrogen and oxygen atoms in total. The van der Waals surface area contributed by atoms with E-state index < -0.39 is 0 Å². The number of amides is 2. The van der Waals surface area contributed by atoms with Gasteiger partial charge in [0.05, 0.1) is 12.3 Å². The lowest BCUT2D eigenvalue weighted by atomic mass is 10.3. The fraction of sp³-hybridized carbons (Fsp3) is 0.364. The smallest absolute Gasteiger partial charge is 0.238 e. The molecule has 4 rings (SSSR count). The summed E-state index contributed by atoms with van der Waals surface area (Å²) in [5, 5.41) is 2.70. The van der Waals surface area contributed by atoms with E-state index in [4.69, 9.17) is 9.47 Å². The first-order valence-electron chi connectivity index (χ1n) is 10.1. The van der Waals surface area contributed by atoms with Crippen molar-refractivity contribution >= 4 is 29.3 Å². The Balaban J connectivity index is 1.19. The topological polar surface area (TPSA) is 71.1 Å². The van der Waals surface area contributed by atoms with Crippen LogP contribution in [0.2, 0.25) is 0 Å². The molecule has 2 aromatic carbocycles. The van der Waals surface area contributed by atoms with E-state index in [1.807, 2.05) is 28.0 Å². The Kier molecular flexibility index (Phi) is 6.93. The largest absolute Gasteiger partial charge is 0.486 e. The van der Waals surface area contributed by atoms with E-state index in [0.29, 0.717) is 56.6 Å². The number of hydrogen-bond acceptors (Lipinski definition) is 6. The number of ether oxygens (including phenoxy) is 2. The number of halogens is 1. The number of anilines is 1. The molecule has 2 aliphatic heterocycles. The molecule has 0 atom stereocenters. The molecule has 2 heterocycles. The quantitative estimate of drug-likeness (QED) is 0.689. The molecule has 2 aromatic rings. The molecule has 164 valence electrons. The number of rotatable bonds is 6. The van der Waals surface area contributed by atoms with E-state index in [0.717, 1.165) is 10.6 Å². The Bertz CT molecular complexity index is 950. The summed E-state index contributed by atoms with van der Waals surface area (Å²) in [4.78, 5) is 29.5. The summed E-state index contributed by atoms with van der Waals surface area (Å²) in [5.74, 6) is 1.29. The van der Waals surface area contributed by atoms with Crippen LogP contribution in [0.4, 0.5) is 10.1 Å². The fourth-order valence-electron chi connectivity index (χ4n) is 3.48. The Morgan fingerprint density at radius 1 is 1.00 bits per heavy atom. The Morgan fingerprint density at radius 3 is 2.55 bits per heavy atom. The van der Waals surface area contributed by atoms with Crippen molar-refractivity contribution in [1.82, 2.24) is 9.80 Å². The summed E-state index contributed by atoms with van der Waals surface area (Å²) in [6, 6.07) is 11.5. The maximum absolute atomic E-state index is 13.2. The van der Waals surface area contributed by atoms with E-state index in [2.05, 4.69) is 5.32 Å². The minimum atomic E-state index is -0.390. The van der Waals surface area contributed by atoms with Crippen LogP contribution in [0, 0.1) is 5.82 Å². The van der Waals surface area contributed by atoms with E-state index in [-0.39, 0.29) is 24.2 Å². The molecule has 31 heavy (non-hydrogen) atoms. The van der Waals surface area contributed by atoms with Gasteiger partial charge in [0.25, 0.3) is 0 Å². The Labute approximate surface area is 184 Å². The highest BCUT2D eigenvalue weighted by molar-refractivity contribution is 8.00. The summed E-state index contributed by atoms with van der Waals surface area (Å²) in [6.45, 7) is 3.70. The molecule has 9 heteroatoms. The maximum Gasteiger partial charge on any atom is 0.238 e. The van der Waals surface area contributed by atoms with Crippen LogP contribution in [0.5, 0.6) is 11.5 Å². The molecular weight excluding hydrogens is 421 g/mol. The highest BCUT2D eigenvalue weighted by atomic mass is 32.2. The lowest BCUT2D eigenvalue weighted by molar-refractivity contribution is -0.130. The summed E-state index contributed by atoms with van der Waals surface area (Å²) in [5.41, 5.74) is 0.440. The number of nitrogens with zero attached hydrogens (tertiary/aromatic N) is 2. The predicted molar refractivity (Wildman–Crippen MR) is 116 cm³/mol. The van der Waals surface area contributed by atoms with Crippen molar-refractivity contribution < 1.29 is 23.5 Å². The number of hydrogen-bond donors (Lipinski definition) is 1. The lowest BCUT2D eigenvalue weighted by Crippen LogP contribution is -2.50. The van der Waals surface area contributed by atoms with E-state index in [1.165, 1.54) is 23.9 Å². The molecule has 1 N–H and O–H groups in total. The summed E-state index contributed by atoms with van der Waals surface area (Å²) in [7, 11) is 0. The van der Waals surface area contributed by atoms with Crippen molar-refractivity contribution in [3.63, 3.8) is 0 Å². The van der Waals surface area contributed by atoms with Gasteiger partial charge in [-0.1, -0.05) is 6.07 Å². The number of carbonyl (C=O) groups is 2. The Hall–Kier alpha value is -2.78. The van der Waals surface area contributed by atoms with E-state index >= 15 is 0 Å². The lowest BCUT2D eigenvalue weighted by Gasteiger charge is -2.34. The van der Waals surface area contributed by atoms with E-state index in [1.54, 1.807) is 12.1 Å². The molecule has 0 bridgehead atoms. The normalized spacial score (nSPS) is 16.1. The minimum absolute atomic E-state index is 0.0729. The van der Waals surface area contributed by atoms with Crippen molar-refractivity contribution in [1.29, 1.82) is 0 Å². The molecule has 2 amide bonds. The monoisotopic (exact) mass is 445 g/mol. The van der Waals surface area contributed by atoms with Gasteiger partial charge in [-0.2, -0.15) is 0 Å². The third kappa shape index (κ3) is 5.89. The third-order valence-corrected chi connectivity index (χ3v) is 6.06. The summed E-state index contributed by atoms with van der Waals surface area (Å²) >= 11 is 1.47. The average molecular weight is 446 g/mol. The first-order valence-corrected chi connectivity index (χ1v) is 11.1. The SMILES string of the molecule is O=C(CN1CCN(C(=O)CSc2ccc3c(c2)OCCO3)CC1)Nc1cccc(F)c1.